The molecule has 1 saturated heterocycles. The molecule has 3 rings (SSSR count). The Morgan fingerprint density at radius 3 is 2.94 bits per heavy atom. The lowest BCUT2D eigenvalue weighted by Gasteiger charge is -2.35. The lowest BCUT2D eigenvalue weighted by molar-refractivity contribution is -0.147. The van der Waals surface area contributed by atoms with Crippen LogP contribution < -0.4 is 0 Å². The first-order valence-corrected chi connectivity index (χ1v) is 6.08. The summed E-state index contributed by atoms with van der Waals surface area (Å²) in [5, 5.41) is 9.47. The number of carbonyl (C=O) groups is 1. The van der Waals surface area contributed by atoms with Gasteiger partial charge >= 0.3 is 5.97 Å². The summed E-state index contributed by atoms with van der Waals surface area (Å²) in [5.41, 5.74) is 1.78. The van der Waals surface area contributed by atoms with Gasteiger partial charge in [0, 0.05) is 32.0 Å². The summed E-state index contributed by atoms with van der Waals surface area (Å²) in [6.07, 6.45) is 3.73. The van der Waals surface area contributed by atoms with Gasteiger partial charge in [0.2, 0.25) is 0 Å². The van der Waals surface area contributed by atoms with E-state index < -0.39 is 5.97 Å². The highest BCUT2D eigenvalue weighted by molar-refractivity contribution is 6.30. The summed E-state index contributed by atoms with van der Waals surface area (Å²) in [6.45, 7) is 1.89. The maximum Gasteiger partial charge on any atom is 0.309 e. The zero-order valence-corrected chi connectivity index (χ0v) is 10.3. The molecule has 1 aliphatic rings. The maximum absolute atomic E-state index is 10.7. The predicted octanol–water partition coefficient (Wildman–Crippen LogP) is 1.50. The van der Waals surface area contributed by atoms with Crippen LogP contribution in [0.15, 0.2) is 24.5 Å². The Labute approximate surface area is 109 Å². The first-order valence-electron chi connectivity index (χ1n) is 5.70. The first kappa shape index (κ1) is 11.5. The van der Waals surface area contributed by atoms with Crippen LogP contribution in [0.5, 0.6) is 0 Å². The van der Waals surface area contributed by atoms with E-state index in [2.05, 4.69) is 9.88 Å². The van der Waals surface area contributed by atoms with Crippen molar-refractivity contribution in [1.82, 2.24) is 14.3 Å². The van der Waals surface area contributed by atoms with Crippen LogP contribution in [-0.4, -0.2) is 38.4 Å². The third-order valence-corrected chi connectivity index (χ3v) is 3.38. The van der Waals surface area contributed by atoms with Crippen LogP contribution in [0.25, 0.3) is 5.65 Å². The predicted molar refractivity (Wildman–Crippen MR) is 66.6 cm³/mol. The van der Waals surface area contributed by atoms with Crippen molar-refractivity contribution in [3.05, 3.63) is 35.2 Å². The Balaban J connectivity index is 1.71. The van der Waals surface area contributed by atoms with Crippen LogP contribution in [0.1, 0.15) is 5.69 Å². The molecule has 18 heavy (non-hydrogen) atoms. The highest BCUT2D eigenvalue weighted by Gasteiger charge is 2.32. The number of rotatable bonds is 3. The Morgan fingerprint density at radius 1 is 1.44 bits per heavy atom. The highest BCUT2D eigenvalue weighted by atomic mass is 35.5. The minimum atomic E-state index is -0.715. The molecule has 0 bridgehead atoms. The molecular formula is C12H12ClN3O2. The molecule has 3 heterocycles. The van der Waals surface area contributed by atoms with E-state index in [1.807, 2.05) is 22.9 Å². The van der Waals surface area contributed by atoms with Crippen molar-refractivity contribution in [2.45, 2.75) is 6.54 Å². The van der Waals surface area contributed by atoms with Gasteiger partial charge in [-0.15, -0.1) is 0 Å². The van der Waals surface area contributed by atoms with Gasteiger partial charge in [-0.25, -0.2) is 4.98 Å². The van der Waals surface area contributed by atoms with E-state index in [1.54, 1.807) is 6.07 Å². The quantitative estimate of drug-likeness (QED) is 0.914. The van der Waals surface area contributed by atoms with Gasteiger partial charge in [-0.3, -0.25) is 9.69 Å². The van der Waals surface area contributed by atoms with Gasteiger partial charge in [0.15, 0.2) is 0 Å². The molecule has 1 N–H and O–H groups in total. The van der Waals surface area contributed by atoms with Gasteiger partial charge in [-0.05, 0) is 12.1 Å². The lowest BCUT2D eigenvalue weighted by atomic mass is 10.0. The number of halogens is 1. The minimum Gasteiger partial charge on any atom is -0.481 e. The summed E-state index contributed by atoms with van der Waals surface area (Å²) < 4.78 is 1.88. The fourth-order valence-corrected chi connectivity index (χ4v) is 2.35. The Morgan fingerprint density at radius 2 is 2.22 bits per heavy atom. The third-order valence-electron chi connectivity index (χ3n) is 3.16. The number of imidazole rings is 1. The van der Waals surface area contributed by atoms with Gasteiger partial charge < -0.3 is 9.51 Å². The summed E-state index contributed by atoms with van der Waals surface area (Å²) in [5.74, 6) is -0.940. The molecule has 0 radical (unpaired) electrons. The van der Waals surface area contributed by atoms with Gasteiger partial charge in [-0.1, -0.05) is 11.6 Å². The summed E-state index contributed by atoms with van der Waals surface area (Å²) >= 11 is 5.90. The molecule has 0 saturated carbocycles. The molecule has 1 aliphatic heterocycles. The van der Waals surface area contributed by atoms with Crippen molar-refractivity contribution in [3.63, 3.8) is 0 Å². The van der Waals surface area contributed by atoms with Crippen molar-refractivity contribution in [1.29, 1.82) is 0 Å². The molecule has 94 valence electrons. The smallest absolute Gasteiger partial charge is 0.309 e. The molecule has 0 atom stereocenters. The van der Waals surface area contributed by atoms with Gasteiger partial charge in [0.05, 0.1) is 16.6 Å². The molecule has 2 aromatic heterocycles. The molecular weight excluding hydrogens is 254 g/mol. The number of hydrogen-bond donors (Lipinski definition) is 1. The topological polar surface area (TPSA) is 57.8 Å². The van der Waals surface area contributed by atoms with Crippen LogP contribution in [0.2, 0.25) is 5.02 Å². The largest absolute Gasteiger partial charge is 0.481 e. The van der Waals surface area contributed by atoms with E-state index in [0.717, 1.165) is 11.3 Å². The Kier molecular flexibility index (Phi) is 2.72. The van der Waals surface area contributed by atoms with Crippen LogP contribution in [0, 0.1) is 5.92 Å². The van der Waals surface area contributed by atoms with Crippen molar-refractivity contribution in [2.24, 2.45) is 5.92 Å². The summed E-state index contributed by atoms with van der Waals surface area (Å²) in [4.78, 5) is 17.2. The number of aliphatic carboxylic acids is 1. The number of hydrogen-bond acceptors (Lipinski definition) is 3. The average molecular weight is 266 g/mol. The van der Waals surface area contributed by atoms with Crippen LogP contribution >= 0.6 is 11.6 Å². The first-order chi connectivity index (χ1) is 8.61. The molecule has 0 spiro atoms. The maximum atomic E-state index is 10.7. The number of carboxylic acids is 1. The van der Waals surface area contributed by atoms with Gasteiger partial charge in [0.1, 0.15) is 5.65 Å². The van der Waals surface area contributed by atoms with Crippen molar-refractivity contribution in [2.75, 3.05) is 13.1 Å². The van der Waals surface area contributed by atoms with Crippen LogP contribution in [-0.2, 0) is 11.3 Å². The average Bonchev–Trinajstić information content (AvgIpc) is 2.63. The second kappa shape index (κ2) is 4.26. The molecule has 6 heteroatoms. The van der Waals surface area contributed by atoms with E-state index in [4.69, 9.17) is 16.7 Å². The zero-order chi connectivity index (χ0) is 12.7. The Hall–Kier alpha value is -1.59. The highest BCUT2D eigenvalue weighted by Crippen LogP contribution is 2.19. The van der Waals surface area contributed by atoms with E-state index in [1.165, 1.54) is 0 Å². The number of fused-ring (bicyclic) bond motifs is 1. The monoisotopic (exact) mass is 265 g/mol. The van der Waals surface area contributed by atoms with Crippen molar-refractivity contribution < 1.29 is 9.90 Å². The fraction of sp³-hybridized carbons (Fsp3) is 0.333. The molecule has 2 aromatic rings. The van der Waals surface area contributed by atoms with Crippen molar-refractivity contribution in [3.8, 4) is 0 Å². The summed E-state index contributed by atoms with van der Waals surface area (Å²) in [7, 11) is 0. The second-order valence-electron chi connectivity index (χ2n) is 4.57. The molecule has 5 nitrogen and oxygen atoms in total. The SMILES string of the molecule is O=C(O)C1CN(Cc2cn3cc(Cl)ccc3n2)C1. The van der Waals surface area contributed by atoms with Crippen LogP contribution in [0.3, 0.4) is 0 Å². The third kappa shape index (κ3) is 2.07. The zero-order valence-electron chi connectivity index (χ0n) is 9.58. The summed E-state index contributed by atoms with van der Waals surface area (Å²) in [6, 6.07) is 3.67. The van der Waals surface area contributed by atoms with Crippen molar-refractivity contribution >= 4 is 23.2 Å². The van der Waals surface area contributed by atoms with Gasteiger partial charge in [-0.2, -0.15) is 0 Å². The standard InChI is InChI=1S/C12H12ClN3O2/c13-9-1-2-11-14-10(7-16(11)5-9)6-15-3-8(4-15)12(17)18/h1-2,5,7-8H,3-4,6H2,(H,17,18). The Bertz CT molecular complexity index is 604. The lowest BCUT2D eigenvalue weighted by Crippen LogP contribution is -2.49. The molecule has 1 fully saturated rings. The van der Waals surface area contributed by atoms with Gasteiger partial charge in [0.25, 0.3) is 0 Å². The molecule has 0 amide bonds. The second-order valence-corrected chi connectivity index (χ2v) is 5.01. The van der Waals surface area contributed by atoms with E-state index >= 15 is 0 Å². The molecule has 0 aromatic carbocycles. The van der Waals surface area contributed by atoms with E-state index in [9.17, 15) is 4.79 Å². The minimum absolute atomic E-state index is 0.225. The number of pyridine rings is 1. The van der Waals surface area contributed by atoms with Crippen LogP contribution in [0.4, 0.5) is 0 Å². The normalized spacial score (nSPS) is 16.9. The fourth-order valence-electron chi connectivity index (χ4n) is 2.18. The molecule has 0 unspecified atom stereocenters. The number of likely N-dealkylation sites (tertiary alicyclic amines) is 1. The van der Waals surface area contributed by atoms with E-state index in [0.29, 0.717) is 24.7 Å². The number of carboxylic acid groups (broad SMARTS) is 1. The van der Waals surface area contributed by atoms with E-state index in [-0.39, 0.29) is 5.92 Å². The molecule has 0 aliphatic carbocycles. The number of aromatic nitrogens is 2. The number of nitrogens with zero attached hydrogens (tertiary/aromatic N) is 3.